The van der Waals surface area contributed by atoms with Crippen LogP contribution in [0.25, 0.3) is 0 Å². The van der Waals surface area contributed by atoms with Gasteiger partial charge in [-0.25, -0.2) is 13.4 Å². The van der Waals surface area contributed by atoms with Gasteiger partial charge in [0.15, 0.2) is 5.03 Å². The molecule has 0 aliphatic heterocycles. The molecule has 0 radical (unpaired) electrons. The Morgan fingerprint density at radius 3 is 2.70 bits per heavy atom. The first kappa shape index (κ1) is 14.6. The zero-order valence-electron chi connectivity index (χ0n) is 11.1. The molecule has 0 fully saturated rings. The number of rotatable bonds is 5. The van der Waals surface area contributed by atoms with Gasteiger partial charge in [0.05, 0.1) is 12.6 Å². The van der Waals surface area contributed by atoms with Crippen molar-refractivity contribution in [1.82, 2.24) is 24.5 Å². The molecule has 2 aromatic heterocycles. The minimum absolute atomic E-state index is 0.108. The second-order valence-corrected chi connectivity index (χ2v) is 5.97. The number of hydrogen-bond acceptors (Lipinski definition) is 6. The summed E-state index contributed by atoms with van der Waals surface area (Å²) in [5.74, 6) is 0.501. The number of hydrogen-bond donors (Lipinski definition) is 2. The Morgan fingerprint density at radius 2 is 2.20 bits per heavy atom. The first-order valence-electron chi connectivity index (χ1n) is 5.86. The van der Waals surface area contributed by atoms with Crippen molar-refractivity contribution in [3.05, 3.63) is 36.0 Å². The van der Waals surface area contributed by atoms with Gasteiger partial charge < -0.3 is 9.67 Å². The van der Waals surface area contributed by atoms with Gasteiger partial charge >= 0.3 is 0 Å². The van der Waals surface area contributed by atoms with Crippen molar-refractivity contribution in [2.75, 3.05) is 0 Å². The molecule has 0 aliphatic carbocycles. The third-order valence-corrected chi connectivity index (χ3v) is 4.18. The average Bonchev–Trinajstić information content (AvgIpc) is 2.84. The molecule has 2 heterocycles. The van der Waals surface area contributed by atoms with Gasteiger partial charge in [-0.3, -0.25) is 0 Å². The van der Waals surface area contributed by atoms with Gasteiger partial charge in [0.2, 0.25) is 0 Å². The molecule has 2 rings (SSSR count). The summed E-state index contributed by atoms with van der Waals surface area (Å²) >= 11 is 0. The number of aliphatic hydroxyl groups is 1. The highest BCUT2D eigenvalue weighted by atomic mass is 32.2. The highest BCUT2D eigenvalue weighted by Crippen LogP contribution is 2.13. The maximum Gasteiger partial charge on any atom is 0.258 e. The highest BCUT2D eigenvalue weighted by molar-refractivity contribution is 7.89. The van der Waals surface area contributed by atoms with E-state index in [0.717, 1.165) is 0 Å². The van der Waals surface area contributed by atoms with Gasteiger partial charge in [-0.05, 0) is 18.6 Å². The number of aromatic nitrogens is 4. The highest BCUT2D eigenvalue weighted by Gasteiger charge is 2.22. The lowest BCUT2D eigenvalue weighted by atomic mass is 10.3. The van der Waals surface area contributed by atoms with Gasteiger partial charge in [-0.15, -0.1) is 10.2 Å². The number of nitrogens with zero attached hydrogens (tertiary/aromatic N) is 4. The average molecular weight is 297 g/mol. The summed E-state index contributed by atoms with van der Waals surface area (Å²) in [4.78, 5) is 3.82. The standard InChI is InChI=1S/C11H15N5O3S/c1-8(11-14-13-7-16(11)2)15-20(18,19)10-4-3-9(6-17)5-12-10/h3-5,7-8,15,17H,6H2,1-2H3. The molecule has 108 valence electrons. The lowest BCUT2D eigenvalue weighted by molar-refractivity contribution is 0.281. The quantitative estimate of drug-likeness (QED) is 0.787. The molecule has 0 spiro atoms. The Labute approximate surface area is 116 Å². The van der Waals surface area contributed by atoms with E-state index in [1.54, 1.807) is 18.5 Å². The molecule has 1 unspecified atom stereocenters. The van der Waals surface area contributed by atoms with E-state index in [-0.39, 0.29) is 11.6 Å². The van der Waals surface area contributed by atoms with Crippen LogP contribution in [0.1, 0.15) is 24.4 Å². The molecule has 0 amide bonds. The molecular formula is C11H15N5O3S. The summed E-state index contributed by atoms with van der Waals surface area (Å²) in [6, 6.07) is 2.32. The molecule has 9 heteroatoms. The number of nitrogens with one attached hydrogen (secondary N) is 1. The van der Waals surface area contributed by atoms with Crippen LogP contribution in [0, 0.1) is 0 Å². The van der Waals surface area contributed by atoms with Gasteiger partial charge in [0, 0.05) is 13.2 Å². The Bertz CT molecular complexity index is 680. The summed E-state index contributed by atoms with van der Waals surface area (Å²) in [5, 5.41) is 16.4. The second-order valence-electron chi connectivity index (χ2n) is 4.31. The number of aliphatic hydroxyl groups excluding tert-OH is 1. The first-order chi connectivity index (χ1) is 9.44. The molecule has 0 saturated carbocycles. The Balaban J connectivity index is 2.20. The van der Waals surface area contributed by atoms with E-state index in [1.807, 2.05) is 0 Å². The predicted molar refractivity (Wildman–Crippen MR) is 69.9 cm³/mol. The van der Waals surface area contributed by atoms with Crippen LogP contribution in [0.5, 0.6) is 0 Å². The van der Waals surface area contributed by atoms with E-state index < -0.39 is 16.1 Å². The van der Waals surface area contributed by atoms with Crippen LogP contribution in [0.2, 0.25) is 0 Å². The number of sulfonamides is 1. The summed E-state index contributed by atoms with van der Waals surface area (Å²) in [7, 11) is -2.02. The van der Waals surface area contributed by atoms with Crippen LogP contribution in [-0.2, 0) is 23.7 Å². The van der Waals surface area contributed by atoms with Crippen LogP contribution >= 0.6 is 0 Å². The fourth-order valence-corrected chi connectivity index (χ4v) is 2.82. The smallest absolute Gasteiger partial charge is 0.258 e. The lowest BCUT2D eigenvalue weighted by Crippen LogP contribution is -2.29. The van der Waals surface area contributed by atoms with Crippen LogP contribution in [0.3, 0.4) is 0 Å². The molecule has 2 N–H and O–H groups in total. The van der Waals surface area contributed by atoms with Crippen molar-refractivity contribution in [2.45, 2.75) is 24.6 Å². The topological polar surface area (TPSA) is 110 Å². The van der Waals surface area contributed by atoms with E-state index in [4.69, 9.17) is 5.11 Å². The van der Waals surface area contributed by atoms with Crippen LogP contribution in [0.15, 0.2) is 29.7 Å². The Hall–Kier alpha value is -1.84. The van der Waals surface area contributed by atoms with Gasteiger partial charge in [0.1, 0.15) is 12.2 Å². The first-order valence-corrected chi connectivity index (χ1v) is 7.34. The lowest BCUT2D eigenvalue weighted by Gasteiger charge is -2.13. The van der Waals surface area contributed by atoms with E-state index in [1.165, 1.54) is 24.7 Å². The molecule has 0 aromatic carbocycles. The van der Waals surface area contributed by atoms with E-state index in [0.29, 0.717) is 11.4 Å². The summed E-state index contributed by atoms with van der Waals surface area (Å²) in [6.45, 7) is 1.49. The molecule has 2 aromatic rings. The van der Waals surface area contributed by atoms with Crippen LogP contribution < -0.4 is 4.72 Å². The predicted octanol–water partition coefficient (Wildman–Crippen LogP) is -0.258. The normalized spacial score (nSPS) is 13.3. The molecule has 0 saturated heterocycles. The zero-order valence-corrected chi connectivity index (χ0v) is 11.9. The molecular weight excluding hydrogens is 282 g/mol. The monoisotopic (exact) mass is 297 g/mol. The van der Waals surface area contributed by atoms with Crippen LogP contribution in [-0.4, -0.2) is 33.3 Å². The maximum atomic E-state index is 12.2. The largest absolute Gasteiger partial charge is 0.392 e. The molecule has 20 heavy (non-hydrogen) atoms. The maximum absolute atomic E-state index is 12.2. The van der Waals surface area contributed by atoms with Crippen molar-refractivity contribution in [3.63, 3.8) is 0 Å². The minimum Gasteiger partial charge on any atom is -0.392 e. The van der Waals surface area contributed by atoms with Crippen molar-refractivity contribution < 1.29 is 13.5 Å². The number of pyridine rings is 1. The minimum atomic E-state index is -3.75. The van der Waals surface area contributed by atoms with Gasteiger partial charge in [0.25, 0.3) is 10.0 Å². The fourth-order valence-electron chi connectivity index (χ4n) is 1.69. The zero-order chi connectivity index (χ0) is 14.8. The summed E-state index contributed by atoms with van der Waals surface area (Å²) in [6.07, 6.45) is 2.82. The second kappa shape index (κ2) is 5.65. The van der Waals surface area contributed by atoms with E-state index in [9.17, 15) is 8.42 Å². The Morgan fingerprint density at radius 1 is 1.45 bits per heavy atom. The van der Waals surface area contributed by atoms with Crippen molar-refractivity contribution in [2.24, 2.45) is 7.05 Å². The fraction of sp³-hybridized carbons (Fsp3) is 0.364. The van der Waals surface area contributed by atoms with E-state index in [2.05, 4.69) is 19.9 Å². The summed E-state index contributed by atoms with van der Waals surface area (Å²) in [5.41, 5.74) is 0.547. The number of aryl methyl sites for hydroxylation is 1. The van der Waals surface area contributed by atoms with Crippen molar-refractivity contribution in [3.8, 4) is 0 Å². The van der Waals surface area contributed by atoms with Crippen molar-refractivity contribution in [1.29, 1.82) is 0 Å². The Kier molecular flexibility index (Phi) is 4.12. The third-order valence-electron chi connectivity index (χ3n) is 2.72. The van der Waals surface area contributed by atoms with E-state index >= 15 is 0 Å². The molecule has 0 bridgehead atoms. The molecule has 1 atom stereocenters. The van der Waals surface area contributed by atoms with Crippen molar-refractivity contribution >= 4 is 10.0 Å². The SMILES string of the molecule is CC(NS(=O)(=O)c1ccc(CO)cn1)c1nncn1C. The molecule has 0 aliphatic rings. The van der Waals surface area contributed by atoms with Gasteiger partial charge in [-0.2, -0.15) is 4.72 Å². The van der Waals surface area contributed by atoms with Gasteiger partial charge in [-0.1, -0.05) is 6.07 Å². The summed E-state index contributed by atoms with van der Waals surface area (Å²) < 4.78 is 28.4. The third kappa shape index (κ3) is 3.00. The molecule has 8 nitrogen and oxygen atoms in total. The van der Waals surface area contributed by atoms with Crippen LogP contribution in [0.4, 0.5) is 0 Å².